The number of carbonyl (C=O) groups excluding carboxylic acids is 1. The molecule has 0 radical (unpaired) electrons. The van der Waals surface area contributed by atoms with Gasteiger partial charge in [0, 0.05) is 7.11 Å². The van der Waals surface area contributed by atoms with Crippen LogP contribution in [0.4, 0.5) is 0 Å². The lowest BCUT2D eigenvalue weighted by Crippen LogP contribution is -2.05. The van der Waals surface area contributed by atoms with Crippen molar-refractivity contribution in [2.75, 3.05) is 7.11 Å². The lowest BCUT2D eigenvalue weighted by atomic mass is 10.1. The number of hydrogen-bond donors (Lipinski definition) is 0. The molecule has 0 fully saturated rings. The SMILES string of the molecule is COC(C)c1nc(C)c(C(=O)OCc2cccc(C#N)c2)s1. The van der Waals surface area contributed by atoms with E-state index in [1.165, 1.54) is 11.3 Å². The molecule has 0 aliphatic heterocycles. The van der Waals surface area contributed by atoms with Gasteiger partial charge < -0.3 is 9.47 Å². The maximum atomic E-state index is 12.2. The maximum absolute atomic E-state index is 12.2. The minimum Gasteiger partial charge on any atom is -0.457 e. The zero-order valence-corrected chi connectivity index (χ0v) is 13.4. The van der Waals surface area contributed by atoms with Crippen LogP contribution in [0.3, 0.4) is 0 Å². The lowest BCUT2D eigenvalue weighted by Gasteiger charge is -2.04. The van der Waals surface area contributed by atoms with Crippen molar-refractivity contribution in [3.63, 3.8) is 0 Å². The Labute approximate surface area is 133 Å². The Hall–Kier alpha value is -2.23. The van der Waals surface area contributed by atoms with Crippen LogP contribution in [0.2, 0.25) is 0 Å². The first-order chi connectivity index (χ1) is 10.5. The van der Waals surface area contributed by atoms with Crippen LogP contribution in [0.5, 0.6) is 0 Å². The number of carbonyl (C=O) groups is 1. The highest BCUT2D eigenvalue weighted by Crippen LogP contribution is 2.26. The van der Waals surface area contributed by atoms with Gasteiger partial charge in [0.1, 0.15) is 22.6 Å². The topological polar surface area (TPSA) is 72.2 Å². The van der Waals surface area contributed by atoms with Crippen LogP contribution in [0, 0.1) is 18.3 Å². The van der Waals surface area contributed by atoms with Gasteiger partial charge in [-0.15, -0.1) is 11.3 Å². The van der Waals surface area contributed by atoms with Gasteiger partial charge in [-0.1, -0.05) is 12.1 Å². The van der Waals surface area contributed by atoms with Crippen LogP contribution < -0.4 is 0 Å². The molecule has 0 saturated carbocycles. The number of thiazole rings is 1. The molecule has 2 rings (SSSR count). The van der Waals surface area contributed by atoms with Gasteiger partial charge in [-0.3, -0.25) is 0 Å². The van der Waals surface area contributed by atoms with Crippen molar-refractivity contribution in [3.05, 3.63) is 51.0 Å². The summed E-state index contributed by atoms with van der Waals surface area (Å²) < 4.78 is 10.5. The Morgan fingerprint density at radius 1 is 1.50 bits per heavy atom. The van der Waals surface area contributed by atoms with E-state index in [0.29, 0.717) is 16.1 Å². The summed E-state index contributed by atoms with van der Waals surface area (Å²) in [6.07, 6.45) is -0.155. The van der Waals surface area contributed by atoms with Gasteiger partial charge in [0.15, 0.2) is 0 Å². The number of rotatable bonds is 5. The van der Waals surface area contributed by atoms with E-state index in [2.05, 4.69) is 11.1 Å². The van der Waals surface area contributed by atoms with Crippen molar-refractivity contribution in [2.24, 2.45) is 0 Å². The Kier molecular flexibility index (Phi) is 5.26. The van der Waals surface area contributed by atoms with Gasteiger partial charge in [0.05, 0.1) is 17.3 Å². The van der Waals surface area contributed by atoms with Gasteiger partial charge in [0.2, 0.25) is 0 Å². The zero-order valence-electron chi connectivity index (χ0n) is 12.6. The molecular formula is C16H16N2O3S. The van der Waals surface area contributed by atoms with Crippen LogP contribution in [0.1, 0.15) is 44.5 Å². The number of hydrogen-bond acceptors (Lipinski definition) is 6. The predicted octanol–water partition coefficient (Wildman–Crippen LogP) is 3.39. The van der Waals surface area contributed by atoms with E-state index in [4.69, 9.17) is 14.7 Å². The summed E-state index contributed by atoms with van der Waals surface area (Å²) in [4.78, 5) is 17.0. The largest absolute Gasteiger partial charge is 0.457 e. The van der Waals surface area contributed by atoms with Gasteiger partial charge in [-0.05, 0) is 31.5 Å². The molecule has 0 amide bonds. The highest BCUT2D eigenvalue weighted by molar-refractivity contribution is 7.13. The summed E-state index contributed by atoms with van der Waals surface area (Å²) in [6.45, 7) is 3.77. The molecule has 1 aromatic heterocycles. The van der Waals surface area contributed by atoms with Crippen LogP contribution in [-0.2, 0) is 16.1 Å². The zero-order chi connectivity index (χ0) is 16.1. The quantitative estimate of drug-likeness (QED) is 0.791. The Bertz CT molecular complexity index is 718. The predicted molar refractivity (Wildman–Crippen MR) is 82.6 cm³/mol. The van der Waals surface area contributed by atoms with Gasteiger partial charge in [0.25, 0.3) is 0 Å². The fraction of sp³-hybridized carbons (Fsp3) is 0.312. The second-order valence-corrected chi connectivity index (χ2v) is 5.76. The molecule has 1 unspecified atom stereocenters. The fourth-order valence-corrected chi connectivity index (χ4v) is 2.82. The van der Waals surface area contributed by atoms with Crippen molar-refractivity contribution in [2.45, 2.75) is 26.6 Å². The molecule has 0 spiro atoms. The first kappa shape index (κ1) is 16.1. The average molecular weight is 316 g/mol. The summed E-state index contributed by atoms with van der Waals surface area (Å²) in [7, 11) is 1.60. The van der Waals surface area contributed by atoms with Crippen LogP contribution >= 0.6 is 11.3 Å². The third-order valence-corrected chi connectivity index (χ3v) is 4.42. The summed E-state index contributed by atoms with van der Waals surface area (Å²) in [5.41, 5.74) is 1.96. The second-order valence-electron chi connectivity index (χ2n) is 4.73. The van der Waals surface area contributed by atoms with E-state index >= 15 is 0 Å². The molecule has 2 aromatic rings. The summed E-state index contributed by atoms with van der Waals surface area (Å²) in [5.74, 6) is -0.410. The molecule has 0 saturated heterocycles. The minimum absolute atomic E-state index is 0.126. The Morgan fingerprint density at radius 2 is 2.27 bits per heavy atom. The third kappa shape index (κ3) is 3.70. The Morgan fingerprint density at radius 3 is 2.95 bits per heavy atom. The first-order valence-electron chi connectivity index (χ1n) is 6.71. The van der Waals surface area contributed by atoms with E-state index < -0.39 is 5.97 Å². The molecular weight excluding hydrogens is 300 g/mol. The van der Waals surface area contributed by atoms with E-state index in [1.54, 1.807) is 32.2 Å². The number of aryl methyl sites for hydroxylation is 1. The number of nitrogens with zero attached hydrogens (tertiary/aromatic N) is 2. The molecule has 0 N–H and O–H groups in total. The number of benzene rings is 1. The van der Waals surface area contributed by atoms with Crippen molar-refractivity contribution in [1.82, 2.24) is 4.98 Å². The second kappa shape index (κ2) is 7.16. The minimum atomic E-state index is -0.410. The Balaban J connectivity index is 2.06. The van der Waals surface area contributed by atoms with Crippen molar-refractivity contribution in [1.29, 1.82) is 5.26 Å². The molecule has 5 nitrogen and oxygen atoms in total. The van der Waals surface area contributed by atoms with Gasteiger partial charge in [-0.2, -0.15) is 5.26 Å². The van der Waals surface area contributed by atoms with E-state index in [-0.39, 0.29) is 12.7 Å². The molecule has 114 valence electrons. The third-order valence-electron chi connectivity index (χ3n) is 3.13. The highest BCUT2D eigenvalue weighted by Gasteiger charge is 2.19. The average Bonchev–Trinajstić information content (AvgIpc) is 2.94. The lowest BCUT2D eigenvalue weighted by molar-refractivity contribution is 0.0477. The molecule has 6 heteroatoms. The number of ether oxygens (including phenoxy) is 2. The first-order valence-corrected chi connectivity index (χ1v) is 7.53. The van der Waals surface area contributed by atoms with Gasteiger partial charge >= 0.3 is 5.97 Å². The highest BCUT2D eigenvalue weighted by atomic mass is 32.1. The fourth-order valence-electron chi connectivity index (χ4n) is 1.83. The summed E-state index contributed by atoms with van der Waals surface area (Å²) in [6, 6.07) is 9.03. The smallest absolute Gasteiger partial charge is 0.350 e. The molecule has 1 aromatic carbocycles. The number of esters is 1. The van der Waals surface area contributed by atoms with Gasteiger partial charge in [-0.25, -0.2) is 9.78 Å². The summed E-state index contributed by atoms with van der Waals surface area (Å²) >= 11 is 1.28. The molecule has 0 aliphatic carbocycles. The monoisotopic (exact) mass is 316 g/mol. The van der Waals surface area contributed by atoms with Crippen LogP contribution in [0.25, 0.3) is 0 Å². The van der Waals surface area contributed by atoms with Crippen molar-refractivity contribution >= 4 is 17.3 Å². The summed E-state index contributed by atoms with van der Waals surface area (Å²) in [5, 5.41) is 9.60. The molecule has 1 heterocycles. The molecule has 1 atom stereocenters. The van der Waals surface area contributed by atoms with E-state index in [9.17, 15) is 4.79 Å². The van der Waals surface area contributed by atoms with E-state index in [0.717, 1.165) is 10.6 Å². The van der Waals surface area contributed by atoms with Crippen LogP contribution in [0.15, 0.2) is 24.3 Å². The standard InChI is InChI=1S/C16H16N2O3S/c1-10-14(22-15(18-10)11(2)20-3)16(19)21-9-13-6-4-5-12(7-13)8-17/h4-7,11H,9H2,1-3H3. The number of methoxy groups -OCH3 is 1. The van der Waals surface area contributed by atoms with E-state index in [1.807, 2.05) is 13.0 Å². The number of nitriles is 1. The van der Waals surface area contributed by atoms with Crippen molar-refractivity contribution in [3.8, 4) is 6.07 Å². The normalized spacial score (nSPS) is 11.7. The molecule has 22 heavy (non-hydrogen) atoms. The van der Waals surface area contributed by atoms with Crippen molar-refractivity contribution < 1.29 is 14.3 Å². The molecule has 0 aliphatic rings. The number of aromatic nitrogens is 1. The maximum Gasteiger partial charge on any atom is 0.350 e. The van der Waals surface area contributed by atoms with Crippen LogP contribution in [-0.4, -0.2) is 18.1 Å². The molecule has 0 bridgehead atoms.